The highest BCUT2D eigenvalue weighted by Gasteiger charge is 2.16. The molecule has 1 aromatic carbocycles. The minimum atomic E-state index is 0.516. The van der Waals surface area contributed by atoms with Crippen LogP contribution in [0.5, 0.6) is 0 Å². The van der Waals surface area contributed by atoms with Crippen LogP contribution in [0, 0.1) is 11.3 Å². The maximum absolute atomic E-state index is 9.03. The lowest BCUT2D eigenvalue weighted by atomic mass is 10.2. The number of hydrogen-bond donors (Lipinski definition) is 1. The summed E-state index contributed by atoms with van der Waals surface area (Å²) < 4.78 is 0.850. The largest absolute Gasteiger partial charge is 0.324 e. The highest BCUT2D eigenvalue weighted by molar-refractivity contribution is 7.22. The Labute approximate surface area is 162 Å². The highest BCUT2D eigenvalue weighted by Crippen LogP contribution is 2.40. The molecule has 0 saturated heterocycles. The normalized spacial score (nSPS) is 10.7. The monoisotopic (exact) mass is 397 g/mol. The summed E-state index contributed by atoms with van der Waals surface area (Å²) in [6.07, 6.45) is 3.24. The van der Waals surface area contributed by atoms with E-state index in [0.717, 1.165) is 10.2 Å². The molecule has 3 heterocycles. The van der Waals surface area contributed by atoms with Crippen molar-refractivity contribution in [2.75, 3.05) is 5.32 Å². The number of halogens is 2. The molecular formula is C18H9Cl2N5S. The summed E-state index contributed by atoms with van der Waals surface area (Å²) in [5.41, 5.74) is 1.99. The summed E-state index contributed by atoms with van der Waals surface area (Å²) in [6.45, 7) is 0. The number of thiazole rings is 1. The van der Waals surface area contributed by atoms with E-state index in [9.17, 15) is 0 Å². The van der Waals surface area contributed by atoms with E-state index < -0.39 is 0 Å². The number of anilines is 2. The Morgan fingerprint density at radius 3 is 2.58 bits per heavy atom. The molecule has 0 aliphatic carbocycles. The smallest absolute Gasteiger partial charge is 0.151 e. The molecule has 0 spiro atoms. The zero-order valence-electron chi connectivity index (χ0n) is 13.1. The molecule has 1 N–H and O–H groups in total. The van der Waals surface area contributed by atoms with E-state index >= 15 is 0 Å². The zero-order valence-corrected chi connectivity index (χ0v) is 15.4. The predicted molar refractivity (Wildman–Crippen MR) is 105 cm³/mol. The first-order valence-corrected chi connectivity index (χ1v) is 9.06. The van der Waals surface area contributed by atoms with Crippen LogP contribution in [0.3, 0.4) is 0 Å². The van der Waals surface area contributed by atoms with Crippen LogP contribution in [0.15, 0.2) is 48.8 Å². The maximum atomic E-state index is 9.03. The Morgan fingerprint density at radius 2 is 1.81 bits per heavy atom. The molecular weight excluding hydrogens is 389 g/mol. The molecule has 0 bridgehead atoms. The molecule has 0 aliphatic heterocycles. The number of fused-ring (bicyclic) bond motifs is 1. The van der Waals surface area contributed by atoms with Gasteiger partial charge in [0.25, 0.3) is 0 Å². The van der Waals surface area contributed by atoms with Gasteiger partial charge in [0.15, 0.2) is 5.82 Å². The van der Waals surface area contributed by atoms with Crippen molar-refractivity contribution in [1.29, 1.82) is 5.26 Å². The third kappa shape index (κ3) is 3.08. The molecule has 26 heavy (non-hydrogen) atoms. The molecule has 0 saturated carbocycles. The minimum Gasteiger partial charge on any atom is -0.324 e. The van der Waals surface area contributed by atoms with Crippen molar-refractivity contribution >= 4 is 56.4 Å². The topological polar surface area (TPSA) is 74.5 Å². The quantitative estimate of drug-likeness (QED) is 0.481. The second-order valence-electron chi connectivity index (χ2n) is 5.29. The Bertz CT molecular complexity index is 1150. The van der Waals surface area contributed by atoms with Crippen LogP contribution >= 0.6 is 34.5 Å². The summed E-state index contributed by atoms with van der Waals surface area (Å²) in [6, 6.07) is 12.6. The van der Waals surface area contributed by atoms with Crippen LogP contribution in [0.1, 0.15) is 5.56 Å². The number of benzene rings is 1. The highest BCUT2D eigenvalue weighted by atomic mass is 35.5. The van der Waals surface area contributed by atoms with Crippen LogP contribution in [0.2, 0.25) is 10.0 Å². The zero-order chi connectivity index (χ0) is 18.1. The van der Waals surface area contributed by atoms with Crippen LogP contribution in [0.25, 0.3) is 20.8 Å². The van der Waals surface area contributed by atoms with Gasteiger partial charge in [-0.2, -0.15) is 5.26 Å². The van der Waals surface area contributed by atoms with Crippen molar-refractivity contribution in [1.82, 2.24) is 15.0 Å². The molecule has 4 aromatic rings. The second-order valence-corrected chi connectivity index (χ2v) is 7.10. The van der Waals surface area contributed by atoms with Gasteiger partial charge in [0.05, 0.1) is 31.9 Å². The number of rotatable bonds is 3. The van der Waals surface area contributed by atoms with Gasteiger partial charge < -0.3 is 5.32 Å². The van der Waals surface area contributed by atoms with Gasteiger partial charge in [-0.1, -0.05) is 29.3 Å². The predicted octanol–water partition coefficient (Wildman–Crippen LogP) is 5.68. The summed E-state index contributed by atoms with van der Waals surface area (Å²) in [5, 5.41) is 14.0. The Morgan fingerprint density at radius 1 is 1.04 bits per heavy atom. The first-order chi connectivity index (χ1) is 12.7. The van der Waals surface area contributed by atoms with Gasteiger partial charge in [-0.15, -0.1) is 11.3 Å². The summed E-state index contributed by atoms with van der Waals surface area (Å²) in [4.78, 5) is 13.2. The number of nitrogens with zero attached hydrogens (tertiary/aromatic N) is 4. The van der Waals surface area contributed by atoms with Gasteiger partial charge in [0.2, 0.25) is 0 Å². The third-order valence-corrected chi connectivity index (χ3v) is 5.34. The van der Waals surface area contributed by atoms with Crippen LogP contribution < -0.4 is 5.32 Å². The van der Waals surface area contributed by atoms with Crippen molar-refractivity contribution in [3.63, 3.8) is 0 Å². The fourth-order valence-electron chi connectivity index (χ4n) is 2.44. The second kappa shape index (κ2) is 6.89. The summed E-state index contributed by atoms with van der Waals surface area (Å²) in [7, 11) is 0. The fraction of sp³-hybridized carbons (Fsp3) is 0. The molecule has 5 nitrogen and oxygen atoms in total. The number of aromatic nitrogens is 3. The lowest BCUT2D eigenvalue weighted by Crippen LogP contribution is -1.96. The van der Waals surface area contributed by atoms with E-state index in [1.54, 1.807) is 42.7 Å². The molecule has 0 atom stereocenters. The van der Waals surface area contributed by atoms with Crippen LogP contribution in [-0.2, 0) is 0 Å². The van der Waals surface area contributed by atoms with E-state index in [2.05, 4.69) is 26.3 Å². The number of hydrogen-bond acceptors (Lipinski definition) is 6. The van der Waals surface area contributed by atoms with Gasteiger partial charge in [-0.3, -0.25) is 0 Å². The van der Waals surface area contributed by atoms with Crippen molar-refractivity contribution in [3.05, 3.63) is 64.4 Å². The van der Waals surface area contributed by atoms with E-state index in [4.69, 9.17) is 28.5 Å². The molecule has 0 fully saturated rings. The molecule has 4 rings (SSSR count). The Balaban J connectivity index is 1.80. The molecule has 8 heteroatoms. The molecule has 0 aliphatic rings. The summed E-state index contributed by atoms with van der Waals surface area (Å²) in [5.74, 6) is 1.15. The van der Waals surface area contributed by atoms with Crippen LogP contribution in [0.4, 0.5) is 11.6 Å². The van der Waals surface area contributed by atoms with Crippen molar-refractivity contribution < 1.29 is 0 Å². The lowest BCUT2D eigenvalue weighted by Gasteiger charge is -2.05. The number of pyridine rings is 2. The van der Waals surface area contributed by atoms with Crippen molar-refractivity contribution in [3.8, 4) is 16.6 Å². The van der Waals surface area contributed by atoms with Crippen molar-refractivity contribution in [2.24, 2.45) is 0 Å². The average molecular weight is 398 g/mol. The van der Waals surface area contributed by atoms with Crippen LogP contribution in [-0.4, -0.2) is 15.0 Å². The van der Waals surface area contributed by atoms with E-state index in [0.29, 0.717) is 37.8 Å². The molecule has 126 valence electrons. The van der Waals surface area contributed by atoms with Gasteiger partial charge in [-0.25, -0.2) is 15.0 Å². The fourth-order valence-corrected chi connectivity index (χ4v) is 4.21. The molecule has 0 radical (unpaired) electrons. The first kappa shape index (κ1) is 16.7. The van der Waals surface area contributed by atoms with Gasteiger partial charge in [0, 0.05) is 18.0 Å². The SMILES string of the molecule is N#Cc1ccnc(Nc2nccc3nc(-c4c(Cl)cccc4Cl)sc23)c1. The van der Waals surface area contributed by atoms with Crippen molar-refractivity contribution in [2.45, 2.75) is 0 Å². The van der Waals surface area contributed by atoms with E-state index in [-0.39, 0.29) is 0 Å². The van der Waals surface area contributed by atoms with Gasteiger partial charge in [-0.05, 0) is 30.3 Å². The Kier molecular flexibility index (Phi) is 4.43. The molecule has 0 unspecified atom stereocenters. The first-order valence-electron chi connectivity index (χ1n) is 7.49. The van der Waals surface area contributed by atoms with Gasteiger partial charge in [0.1, 0.15) is 10.8 Å². The third-order valence-electron chi connectivity index (χ3n) is 3.62. The standard InChI is InChI=1S/C18H9Cl2N5S/c19-11-2-1-3-12(20)15(11)18-24-13-5-7-23-17(16(13)26-18)25-14-8-10(9-21)4-6-22-14/h1-8H,(H,22,23,25). The lowest BCUT2D eigenvalue weighted by molar-refractivity contribution is 1.26. The van der Waals surface area contributed by atoms with E-state index in [1.165, 1.54) is 11.3 Å². The summed E-state index contributed by atoms with van der Waals surface area (Å²) >= 11 is 14.0. The Hall–Kier alpha value is -2.72. The molecule has 0 amide bonds. The van der Waals surface area contributed by atoms with Gasteiger partial charge >= 0.3 is 0 Å². The van der Waals surface area contributed by atoms with E-state index in [1.807, 2.05) is 6.07 Å². The average Bonchev–Trinajstić information content (AvgIpc) is 3.06. The number of nitrogens with one attached hydrogen (secondary N) is 1. The maximum Gasteiger partial charge on any atom is 0.151 e. The molecule has 3 aromatic heterocycles. The minimum absolute atomic E-state index is 0.516. The number of nitriles is 1.